The van der Waals surface area contributed by atoms with Crippen LogP contribution in [0.25, 0.3) is 0 Å². The van der Waals surface area contributed by atoms with Gasteiger partial charge in [0.05, 0.1) is 0 Å². The Morgan fingerprint density at radius 3 is 2.75 bits per heavy atom. The van der Waals surface area contributed by atoms with Crippen LogP contribution in [0.2, 0.25) is 0 Å². The van der Waals surface area contributed by atoms with Gasteiger partial charge in [-0.15, -0.1) is 0 Å². The first-order valence-corrected chi connectivity index (χ1v) is 6.47. The Bertz CT molecular complexity index is 257. The van der Waals surface area contributed by atoms with E-state index >= 15 is 0 Å². The molecule has 1 atom stereocenters. The molecular weight excluding hydrogens is 202 g/mol. The van der Waals surface area contributed by atoms with Crippen molar-refractivity contribution in [3.8, 4) is 0 Å². The number of carbonyl (C=O) groups excluding carboxylic acids is 1. The summed E-state index contributed by atoms with van der Waals surface area (Å²) in [7, 11) is 0. The Kier molecular flexibility index (Phi) is 3.50. The van der Waals surface area contributed by atoms with E-state index < -0.39 is 0 Å². The third-order valence-corrected chi connectivity index (χ3v) is 4.12. The van der Waals surface area contributed by atoms with E-state index in [-0.39, 0.29) is 11.4 Å². The third kappa shape index (κ3) is 1.96. The number of nitrogens with two attached hydrogens (primary N) is 1. The predicted molar refractivity (Wildman–Crippen MR) is 64.0 cm³/mol. The van der Waals surface area contributed by atoms with Crippen LogP contribution in [0.4, 0.5) is 0 Å². The molecule has 16 heavy (non-hydrogen) atoms. The van der Waals surface area contributed by atoms with Crippen molar-refractivity contribution in [3.63, 3.8) is 0 Å². The Morgan fingerprint density at radius 1 is 1.44 bits per heavy atom. The highest BCUT2D eigenvalue weighted by atomic mass is 16.1. The molecule has 0 bridgehead atoms. The molecule has 1 unspecified atom stereocenters. The lowest BCUT2D eigenvalue weighted by molar-refractivity contribution is -0.132. The third-order valence-electron chi connectivity index (χ3n) is 4.12. The molecule has 1 aliphatic heterocycles. The van der Waals surface area contributed by atoms with Crippen LogP contribution < -0.4 is 11.1 Å². The van der Waals surface area contributed by atoms with Gasteiger partial charge in [0.15, 0.2) is 0 Å². The summed E-state index contributed by atoms with van der Waals surface area (Å²) < 4.78 is 0. The number of primary amides is 1. The van der Waals surface area contributed by atoms with Crippen molar-refractivity contribution >= 4 is 5.91 Å². The second-order valence-electron chi connectivity index (χ2n) is 5.01. The zero-order valence-corrected chi connectivity index (χ0v) is 10.2. The standard InChI is InChI=1S/C12H23N3O/c1-2-12(11(13)16,10-4-5-10)15-8-3-6-14-7-9-15/h10,14H,2-9H2,1H3,(H2,13,16). The first kappa shape index (κ1) is 11.9. The maximum atomic E-state index is 11.9. The van der Waals surface area contributed by atoms with Gasteiger partial charge in [-0.05, 0) is 38.1 Å². The molecule has 2 rings (SSSR count). The SMILES string of the molecule is CCC(C(N)=O)(C1CC1)N1CCCNCC1. The highest BCUT2D eigenvalue weighted by Crippen LogP contribution is 2.45. The van der Waals surface area contributed by atoms with Crippen LogP contribution in [0.1, 0.15) is 32.6 Å². The second kappa shape index (κ2) is 4.72. The fourth-order valence-electron chi connectivity index (χ4n) is 3.11. The molecule has 0 aromatic carbocycles. The van der Waals surface area contributed by atoms with Crippen molar-refractivity contribution in [1.29, 1.82) is 0 Å². The summed E-state index contributed by atoms with van der Waals surface area (Å²) in [5.74, 6) is 0.396. The largest absolute Gasteiger partial charge is 0.368 e. The Morgan fingerprint density at radius 2 is 2.19 bits per heavy atom. The van der Waals surface area contributed by atoms with E-state index in [1.54, 1.807) is 0 Å². The second-order valence-corrected chi connectivity index (χ2v) is 5.01. The van der Waals surface area contributed by atoms with Crippen molar-refractivity contribution in [2.45, 2.75) is 38.1 Å². The van der Waals surface area contributed by atoms with Gasteiger partial charge in [0.25, 0.3) is 0 Å². The molecule has 1 saturated carbocycles. The lowest BCUT2D eigenvalue weighted by Gasteiger charge is -2.41. The molecular formula is C12H23N3O. The van der Waals surface area contributed by atoms with E-state index in [9.17, 15) is 4.79 Å². The first-order valence-electron chi connectivity index (χ1n) is 6.47. The number of amides is 1. The molecule has 92 valence electrons. The highest BCUT2D eigenvalue weighted by Gasteiger charge is 2.52. The number of nitrogens with zero attached hydrogens (tertiary/aromatic N) is 1. The van der Waals surface area contributed by atoms with Crippen molar-refractivity contribution in [3.05, 3.63) is 0 Å². The molecule has 2 fully saturated rings. The van der Waals surface area contributed by atoms with Crippen LogP contribution in [0.5, 0.6) is 0 Å². The Hall–Kier alpha value is -0.610. The van der Waals surface area contributed by atoms with Crippen LogP contribution in [0.15, 0.2) is 0 Å². The molecule has 2 aliphatic rings. The molecule has 1 amide bonds. The smallest absolute Gasteiger partial charge is 0.238 e. The van der Waals surface area contributed by atoms with Gasteiger partial charge in [0, 0.05) is 19.6 Å². The maximum absolute atomic E-state index is 11.9. The average Bonchev–Trinajstić information content (AvgIpc) is 3.04. The summed E-state index contributed by atoms with van der Waals surface area (Å²) >= 11 is 0. The van der Waals surface area contributed by atoms with E-state index in [1.807, 2.05) is 0 Å². The summed E-state index contributed by atoms with van der Waals surface area (Å²) in [4.78, 5) is 14.2. The van der Waals surface area contributed by atoms with E-state index in [4.69, 9.17) is 5.73 Å². The number of rotatable bonds is 4. The van der Waals surface area contributed by atoms with Crippen LogP contribution in [0.3, 0.4) is 0 Å². The summed E-state index contributed by atoms with van der Waals surface area (Å²) in [6, 6.07) is 0. The first-order chi connectivity index (χ1) is 7.71. The summed E-state index contributed by atoms with van der Waals surface area (Å²) in [6.45, 7) is 6.08. The van der Waals surface area contributed by atoms with Gasteiger partial charge in [-0.25, -0.2) is 0 Å². The molecule has 0 spiro atoms. The van der Waals surface area contributed by atoms with Crippen LogP contribution in [0, 0.1) is 5.92 Å². The van der Waals surface area contributed by atoms with E-state index in [2.05, 4.69) is 17.1 Å². The van der Waals surface area contributed by atoms with Gasteiger partial charge < -0.3 is 11.1 Å². The van der Waals surface area contributed by atoms with Gasteiger partial charge in [0.2, 0.25) is 5.91 Å². The molecule has 0 radical (unpaired) electrons. The Balaban J connectivity index is 2.18. The molecule has 0 aromatic rings. The van der Waals surface area contributed by atoms with Crippen molar-refractivity contribution in [2.24, 2.45) is 11.7 Å². The highest BCUT2D eigenvalue weighted by molar-refractivity contribution is 5.85. The van der Waals surface area contributed by atoms with E-state index in [0.29, 0.717) is 5.92 Å². The van der Waals surface area contributed by atoms with Crippen molar-refractivity contribution < 1.29 is 4.79 Å². The molecule has 4 nitrogen and oxygen atoms in total. The monoisotopic (exact) mass is 225 g/mol. The van der Waals surface area contributed by atoms with Gasteiger partial charge >= 0.3 is 0 Å². The lowest BCUT2D eigenvalue weighted by Crippen LogP contribution is -2.59. The zero-order valence-electron chi connectivity index (χ0n) is 10.2. The van der Waals surface area contributed by atoms with E-state index in [1.165, 1.54) is 12.8 Å². The fraction of sp³-hybridized carbons (Fsp3) is 0.917. The van der Waals surface area contributed by atoms with Gasteiger partial charge in [-0.2, -0.15) is 0 Å². The lowest BCUT2D eigenvalue weighted by atomic mass is 9.86. The minimum atomic E-state index is -0.355. The van der Waals surface area contributed by atoms with Gasteiger partial charge in [0.1, 0.15) is 5.54 Å². The van der Waals surface area contributed by atoms with Crippen LogP contribution in [-0.4, -0.2) is 42.5 Å². The molecule has 1 heterocycles. The molecule has 3 N–H and O–H groups in total. The normalized spacial score (nSPS) is 27.1. The number of nitrogens with one attached hydrogen (secondary N) is 1. The minimum absolute atomic E-state index is 0.112. The molecule has 1 aliphatic carbocycles. The summed E-state index contributed by atoms with van der Waals surface area (Å²) in [5.41, 5.74) is 5.35. The summed E-state index contributed by atoms with van der Waals surface area (Å²) in [6.07, 6.45) is 4.30. The van der Waals surface area contributed by atoms with Crippen LogP contribution >= 0.6 is 0 Å². The van der Waals surface area contributed by atoms with Gasteiger partial charge in [-0.3, -0.25) is 9.69 Å². The molecule has 0 aromatic heterocycles. The number of carbonyl (C=O) groups is 1. The zero-order chi connectivity index (χ0) is 11.6. The Labute approximate surface area is 97.6 Å². The van der Waals surface area contributed by atoms with Crippen molar-refractivity contribution in [1.82, 2.24) is 10.2 Å². The maximum Gasteiger partial charge on any atom is 0.238 e. The number of hydrogen-bond acceptors (Lipinski definition) is 3. The van der Waals surface area contributed by atoms with Crippen molar-refractivity contribution in [2.75, 3.05) is 26.2 Å². The number of hydrogen-bond donors (Lipinski definition) is 2. The average molecular weight is 225 g/mol. The van der Waals surface area contributed by atoms with Gasteiger partial charge in [-0.1, -0.05) is 6.92 Å². The predicted octanol–water partition coefficient (Wildman–Crippen LogP) is 0.326. The molecule has 4 heteroatoms. The molecule has 1 saturated heterocycles. The minimum Gasteiger partial charge on any atom is -0.368 e. The van der Waals surface area contributed by atoms with E-state index in [0.717, 1.165) is 39.0 Å². The quantitative estimate of drug-likeness (QED) is 0.725. The fourth-order valence-corrected chi connectivity index (χ4v) is 3.11. The van der Waals surface area contributed by atoms with Crippen LogP contribution in [-0.2, 0) is 4.79 Å². The topological polar surface area (TPSA) is 58.4 Å². The summed E-state index contributed by atoms with van der Waals surface area (Å²) in [5, 5.41) is 3.38.